The zero-order chi connectivity index (χ0) is 9.64. The third-order valence-corrected chi connectivity index (χ3v) is 3.82. The zero-order valence-electron chi connectivity index (χ0n) is 7.14. The molecule has 72 valence electrons. The van der Waals surface area contributed by atoms with Crippen molar-refractivity contribution in [1.82, 2.24) is 0 Å². The molecule has 2 rings (SSSR count). The fraction of sp³-hybridized carbons (Fsp3) is 1.00. The lowest BCUT2D eigenvalue weighted by Gasteiger charge is -2.32. The average molecular weight is 296 g/mol. The van der Waals surface area contributed by atoms with Gasteiger partial charge >= 0.3 is 0 Å². The van der Waals surface area contributed by atoms with Gasteiger partial charge in [0.2, 0.25) is 0 Å². The topological polar surface area (TPSA) is 47.9 Å². The summed E-state index contributed by atoms with van der Waals surface area (Å²) in [4.78, 5) is 0. The average Bonchev–Trinajstić information content (AvgIpc) is 2.54. The number of rotatable bonds is 2. The SMILES string of the molecule is [B]C1OC2(CI)C(O)OC1C2OC. The van der Waals surface area contributed by atoms with Crippen LogP contribution >= 0.6 is 22.6 Å². The Morgan fingerprint density at radius 2 is 2.38 bits per heavy atom. The Morgan fingerprint density at radius 1 is 1.69 bits per heavy atom. The molecule has 2 aliphatic rings. The van der Waals surface area contributed by atoms with Gasteiger partial charge in [0.25, 0.3) is 0 Å². The lowest BCUT2D eigenvalue weighted by Crippen LogP contribution is -2.50. The maximum atomic E-state index is 9.60. The van der Waals surface area contributed by atoms with Crippen LogP contribution in [0.5, 0.6) is 0 Å². The number of halogens is 1. The molecule has 2 saturated heterocycles. The number of aliphatic hydroxyl groups is 1. The molecule has 5 unspecified atom stereocenters. The van der Waals surface area contributed by atoms with Gasteiger partial charge in [-0.05, 0) is 0 Å². The van der Waals surface area contributed by atoms with Gasteiger partial charge in [0.05, 0.1) is 0 Å². The molecule has 2 fully saturated rings. The normalized spacial score (nSPS) is 54.4. The Hall–Kier alpha value is 0.635. The van der Waals surface area contributed by atoms with Crippen LogP contribution < -0.4 is 0 Å². The second kappa shape index (κ2) is 3.34. The van der Waals surface area contributed by atoms with Crippen molar-refractivity contribution in [3.05, 3.63) is 0 Å². The summed E-state index contributed by atoms with van der Waals surface area (Å²) in [5.74, 6) is 0. The molecule has 2 bridgehead atoms. The first-order chi connectivity index (χ1) is 6.15. The van der Waals surface area contributed by atoms with Crippen molar-refractivity contribution < 1.29 is 19.3 Å². The number of alkyl halides is 1. The number of aliphatic hydroxyl groups excluding tert-OH is 1. The standard InChI is InChI=1S/C7H10BIO4/c1-11-4-3-5(8)13-7(4,2-9)6(10)12-3/h3-6,10H,2H2,1H3. The van der Waals surface area contributed by atoms with Crippen LogP contribution in [0.2, 0.25) is 0 Å². The molecular formula is C7H10BIO4. The molecule has 4 nitrogen and oxygen atoms in total. The molecule has 2 radical (unpaired) electrons. The summed E-state index contributed by atoms with van der Waals surface area (Å²) in [6.45, 7) is 0. The molecule has 0 aliphatic carbocycles. The molecule has 2 heterocycles. The minimum absolute atomic E-state index is 0.269. The van der Waals surface area contributed by atoms with Gasteiger partial charge in [-0.3, -0.25) is 0 Å². The minimum Gasteiger partial charge on any atom is -0.375 e. The third kappa shape index (κ3) is 1.19. The van der Waals surface area contributed by atoms with Crippen LogP contribution in [0.25, 0.3) is 0 Å². The highest BCUT2D eigenvalue weighted by molar-refractivity contribution is 14.1. The quantitative estimate of drug-likeness (QED) is 0.421. The summed E-state index contributed by atoms with van der Waals surface area (Å²) in [6, 6.07) is -0.497. The van der Waals surface area contributed by atoms with Crippen LogP contribution in [0.3, 0.4) is 0 Å². The van der Waals surface area contributed by atoms with E-state index in [9.17, 15) is 5.11 Å². The minimum atomic E-state index is -0.931. The highest BCUT2D eigenvalue weighted by Gasteiger charge is 2.65. The molecule has 0 aromatic carbocycles. The van der Waals surface area contributed by atoms with Crippen LogP contribution in [0.1, 0.15) is 0 Å². The Labute approximate surface area is 91.5 Å². The van der Waals surface area contributed by atoms with Crippen molar-refractivity contribution in [3.63, 3.8) is 0 Å². The van der Waals surface area contributed by atoms with Crippen molar-refractivity contribution in [1.29, 1.82) is 0 Å². The van der Waals surface area contributed by atoms with E-state index in [2.05, 4.69) is 22.6 Å². The van der Waals surface area contributed by atoms with Crippen molar-refractivity contribution in [2.45, 2.75) is 30.1 Å². The molecule has 6 heteroatoms. The Balaban J connectivity index is 2.29. The maximum absolute atomic E-state index is 9.60. The Morgan fingerprint density at radius 3 is 2.85 bits per heavy atom. The number of ether oxygens (including phenoxy) is 3. The molecule has 0 saturated carbocycles. The van der Waals surface area contributed by atoms with Crippen molar-refractivity contribution in [3.8, 4) is 0 Å². The van der Waals surface area contributed by atoms with Gasteiger partial charge in [-0.25, -0.2) is 0 Å². The third-order valence-electron chi connectivity index (χ3n) is 2.63. The Bertz CT molecular complexity index is 217. The number of fused-ring (bicyclic) bond motifs is 2. The highest BCUT2D eigenvalue weighted by atomic mass is 127. The molecule has 0 spiro atoms. The van der Waals surface area contributed by atoms with E-state index in [0.29, 0.717) is 4.43 Å². The van der Waals surface area contributed by atoms with Crippen LogP contribution in [0.15, 0.2) is 0 Å². The lowest BCUT2D eigenvalue weighted by atomic mass is 9.92. The number of hydrogen-bond donors (Lipinski definition) is 1. The van der Waals surface area contributed by atoms with Crippen LogP contribution in [-0.4, -0.2) is 54.6 Å². The molecule has 0 aromatic heterocycles. The summed E-state index contributed by atoms with van der Waals surface area (Å²) in [7, 11) is 7.24. The van der Waals surface area contributed by atoms with Gasteiger partial charge in [-0.1, -0.05) is 22.6 Å². The molecule has 0 aromatic rings. The second-order valence-electron chi connectivity index (χ2n) is 3.28. The summed E-state index contributed by atoms with van der Waals surface area (Å²) >= 11 is 2.13. The first kappa shape index (κ1) is 10.2. The van der Waals surface area contributed by atoms with E-state index >= 15 is 0 Å². The first-order valence-electron chi connectivity index (χ1n) is 4.01. The maximum Gasteiger partial charge on any atom is 0.187 e. The summed E-state index contributed by atoms with van der Waals surface area (Å²) in [5.41, 5.74) is -0.778. The van der Waals surface area contributed by atoms with Gasteiger partial charge < -0.3 is 19.3 Å². The van der Waals surface area contributed by atoms with Crippen LogP contribution in [-0.2, 0) is 14.2 Å². The Kier molecular flexibility index (Phi) is 2.61. The first-order valence-corrected chi connectivity index (χ1v) is 5.54. The van der Waals surface area contributed by atoms with E-state index in [1.807, 2.05) is 0 Å². The smallest absolute Gasteiger partial charge is 0.187 e. The molecule has 0 amide bonds. The van der Waals surface area contributed by atoms with Crippen molar-refractivity contribution in [2.24, 2.45) is 0 Å². The summed E-state index contributed by atoms with van der Waals surface area (Å²) in [6.07, 6.45) is -1.55. The van der Waals surface area contributed by atoms with Gasteiger partial charge in [-0.2, -0.15) is 0 Å². The molecular weight excluding hydrogens is 286 g/mol. The van der Waals surface area contributed by atoms with E-state index in [-0.39, 0.29) is 12.2 Å². The van der Waals surface area contributed by atoms with Crippen LogP contribution in [0.4, 0.5) is 0 Å². The zero-order valence-corrected chi connectivity index (χ0v) is 9.30. The van der Waals surface area contributed by atoms with E-state index in [4.69, 9.17) is 22.1 Å². The predicted octanol–water partition coefficient (Wildman–Crippen LogP) is -0.583. The molecule has 5 atom stereocenters. The molecule has 1 N–H and O–H groups in total. The molecule has 2 aliphatic heterocycles. The van der Waals surface area contributed by atoms with Gasteiger partial charge in [0, 0.05) is 17.5 Å². The number of methoxy groups -OCH3 is 1. The van der Waals surface area contributed by atoms with E-state index < -0.39 is 17.9 Å². The number of hydrogen-bond acceptors (Lipinski definition) is 4. The summed E-state index contributed by atoms with van der Waals surface area (Å²) < 4.78 is 16.6. The van der Waals surface area contributed by atoms with Crippen LogP contribution in [0, 0.1) is 0 Å². The highest BCUT2D eigenvalue weighted by Crippen LogP contribution is 2.45. The van der Waals surface area contributed by atoms with Gasteiger partial charge in [0.1, 0.15) is 20.1 Å². The van der Waals surface area contributed by atoms with Gasteiger partial charge in [0.15, 0.2) is 11.9 Å². The predicted molar refractivity (Wildman–Crippen MR) is 53.9 cm³/mol. The van der Waals surface area contributed by atoms with Crippen molar-refractivity contribution >= 4 is 30.4 Å². The lowest BCUT2D eigenvalue weighted by molar-refractivity contribution is -0.234. The van der Waals surface area contributed by atoms with E-state index in [1.54, 1.807) is 7.11 Å². The van der Waals surface area contributed by atoms with E-state index in [0.717, 1.165) is 0 Å². The fourth-order valence-corrected chi connectivity index (χ4v) is 2.95. The summed E-state index contributed by atoms with van der Waals surface area (Å²) in [5, 5.41) is 9.60. The second-order valence-corrected chi connectivity index (χ2v) is 4.04. The monoisotopic (exact) mass is 296 g/mol. The fourth-order valence-electron chi connectivity index (χ4n) is 1.96. The van der Waals surface area contributed by atoms with Gasteiger partial charge in [-0.15, -0.1) is 0 Å². The van der Waals surface area contributed by atoms with E-state index in [1.165, 1.54) is 0 Å². The van der Waals surface area contributed by atoms with Crippen molar-refractivity contribution in [2.75, 3.05) is 11.5 Å². The largest absolute Gasteiger partial charge is 0.375 e. The molecule has 13 heavy (non-hydrogen) atoms.